The lowest BCUT2D eigenvalue weighted by Gasteiger charge is -2.37. The SMILES string of the molecule is CC1(C)N=C(c2nnc3c(F)cccc3n2)c2cccc(Cl)c2C1(F)F. The van der Waals surface area contributed by atoms with Crippen molar-refractivity contribution >= 4 is 28.3 Å². The first-order chi connectivity index (χ1) is 12.2. The minimum atomic E-state index is -3.28. The third-order valence-electron chi connectivity index (χ3n) is 4.39. The van der Waals surface area contributed by atoms with E-state index in [1.165, 1.54) is 38.1 Å². The van der Waals surface area contributed by atoms with Crippen molar-refractivity contribution in [3.8, 4) is 0 Å². The molecule has 0 amide bonds. The van der Waals surface area contributed by atoms with Gasteiger partial charge >= 0.3 is 0 Å². The standard InChI is InChI=1S/C18H12ClF3N4/c1-17(2)18(21,22)13-9(5-3-6-10(13)19)14(24-17)16-23-12-8-4-7-11(20)15(12)25-26-16/h3-8H,1-2H3. The summed E-state index contributed by atoms with van der Waals surface area (Å²) in [5.74, 6) is -3.80. The smallest absolute Gasteiger partial charge is 0.268 e. The summed E-state index contributed by atoms with van der Waals surface area (Å²) in [6.07, 6.45) is 0. The molecule has 3 aromatic rings. The van der Waals surface area contributed by atoms with Gasteiger partial charge in [0.25, 0.3) is 5.92 Å². The predicted octanol–water partition coefficient (Wildman–Crippen LogP) is 4.54. The molecule has 1 aliphatic rings. The molecule has 4 rings (SSSR count). The zero-order valence-corrected chi connectivity index (χ0v) is 14.5. The van der Waals surface area contributed by atoms with Crippen LogP contribution in [0.5, 0.6) is 0 Å². The normalized spacial score (nSPS) is 17.7. The Hall–Kier alpha value is -2.54. The fourth-order valence-electron chi connectivity index (χ4n) is 2.95. The fourth-order valence-corrected chi connectivity index (χ4v) is 3.25. The summed E-state index contributed by atoms with van der Waals surface area (Å²) < 4.78 is 43.7. The Morgan fingerprint density at radius 2 is 1.73 bits per heavy atom. The monoisotopic (exact) mass is 376 g/mol. The first kappa shape index (κ1) is 16.9. The van der Waals surface area contributed by atoms with Crippen molar-refractivity contribution in [2.45, 2.75) is 25.3 Å². The largest absolute Gasteiger partial charge is 0.299 e. The lowest BCUT2D eigenvalue weighted by Crippen LogP contribution is -2.44. The second-order valence-corrected chi connectivity index (χ2v) is 6.91. The minimum absolute atomic E-state index is 0.00330. The van der Waals surface area contributed by atoms with Gasteiger partial charge < -0.3 is 0 Å². The summed E-state index contributed by atoms with van der Waals surface area (Å²) in [6, 6.07) is 8.75. The van der Waals surface area contributed by atoms with E-state index in [9.17, 15) is 13.2 Å². The van der Waals surface area contributed by atoms with E-state index in [0.29, 0.717) is 0 Å². The number of fused-ring (bicyclic) bond motifs is 2. The molecule has 26 heavy (non-hydrogen) atoms. The molecule has 0 aliphatic carbocycles. The van der Waals surface area contributed by atoms with Gasteiger partial charge in [0, 0.05) is 5.56 Å². The number of hydrogen-bond donors (Lipinski definition) is 0. The zero-order valence-electron chi connectivity index (χ0n) is 13.8. The quantitative estimate of drug-likeness (QED) is 0.626. The first-order valence-electron chi connectivity index (χ1n) is 7.79. The molecular weight excluding hydrogens is 365 g/mol. The first-order valence-corrected chi connectivity index (χ1v) is 8.16. The third-order valence-corrected chi connectivity index (χ3v) is 4.71. The topological polar surface area (TPSA) is 51.0 Å². The number of nitrogens with zero attached hydrogens (tertiary/aromatic N) is 4. The van der Waals surface area contributed by atoms with Crippen LogP contribution in [-0.2, 0) is 5.92 Å². The zero-order chi connectivity index (χ0) is 18.7. The maximum atomic E-state index is 14.9. The molecule has 0 fully saturated rings. The molecule has 0 saturated heterocycles. The molecule has 8 heteroatoms. The summed E-state index contributed by atoms with van der Waals surface area (Å²) in [5, 5.41) is 7.70. The van der Waals surface area contributed by atoms with Gasteiger partial charge in [0.05, 0.1) is 16.1 Å². The molecule has 0 spiro atoms. The van der Waals surface area contributed by atoms with Gasteiger partial charge in [-0.15, -0.1) is 10.2 Å². The second-order valence-electron chi connectivity index (χ2n) is 6.50. The Labute approximate surface area is 151 Å². The van der Waals surface area contributed by atoms with Gasteiger partial charge in [0.15, 0.2) is 5.82 Å². The van der Waals surface area contributed by atoms with Crippen LogP contribution in [0.25, 0.3) is 11.0 Å². The molecule has 0 bridgehead atoms. The van der Waals surface area contributed by atoms with Gasteiger partial charge in [0.2, 0.25) is 5.82 Å². The van der Waals surface area contributed by atoms with Crippen LogP contribution in [0.3, 0.4) is 0 Å². The van der Waals surface area contributed by atoms with Crippen LogP contribution in [0, 0.1) is 5.82 Å². The van der Waals surface area contributed by atoms with Gasteiger partial charge in [-0.3, -0.25) is 4.99 Å². The van der Waals surface area contributed by atoms with Crippen molar-refractivity contribution in [3.05, 3.63) is 64.2 Å². The summed E-state index contributed by atoms with van der Waals surface area (Å²) in [5.41, 5.74) is -1.53. The molecule has 0 saturated carbocycles. The van der Waals surface area contributed by atoms with Crippen molar-refractivity contribution < 1.29 is 13.2 Å². The molecule has 1 aromatic heterocycles. The van der Waals surface area contributed by atoms with Gasteiger partial charge in [0.1, 0.15) is 16.8 Å². The summed E-state index contributed by atoms with van der Waals surface area (Å²) >= 11 is 6.08. The van der Waals surface area contributed by atoms with E-state index in [2.05, 4.69) is 20.2 Å². The summed E-state index contributed by atoms with van der Waals surface area (Å²) in [7, 11) is 0. The number of aromatic nitrogens is 3. The van der Waals surface area contributed by atoms with Crippen molar-refractivity contribution in [3.63, 3.8) is 0 Å². The fraction of sp³-hybridized carbons (Fsp3) is 0.222. The van der Waals surface area contributed by atoms with Crippen LogP contribution in [-0.4, -0.2) is 26.4 Å². The average molecular weight is 377 g/mol. The van der Waals surface area contributed by atoms with Crippen molar-refractivity contribution in [1.29, 1.82) is 0 Å². The van der Waals surface area contributed by atoms with Gasteiger partial charge in [-0.1, -0.05) is 29.8 Å². The Morgan fingerprint density at radius 1 is 1.00 bits per heavy atom. The third kappa shape index (κ3) is 2.30. The lowest BCUT2D eigenvalue weighted by atomic mass is 9.83. The van der Waals surface area contributed by atoms with Crippen LogP contribution in [0.1, 0.15) is 30.8 Å². The molecular formula is C18H12ClF3N4. The van der Waals surface area contributed by atoms with E-state index in [0.717, 1.165) is 0 Å². The maximum absolute atomic E-state index is 14.9. The number of benzene rings is 2. The van der Waals surface area contributed by atoms with E-state index < -0.39 is 17.3 Å². The average Bonchev–Trinajstić information content (AvgIpc) is 2.58. The number of hydrogen-bond acceptors (Lipinski definition) is 4. The highest BCUT2D eigenvalue weighted by Crippen LogP contribution is 2.49. The van der Waals surface area contributed by atoms with Gasteiger partial charge in [-0.2, -0.15) is 8.78 Å². The Kier molecular flexibility index (Phi) is 3.56. The summed E-state index contributed by atoms with van der Waals surface area (Å²) in [4.78, 5) is 8.47. The highest BCUT2D eigenvalue weighted by molar-refractivity contribution is 6.32. The molecule has 132 valence electrons. The predicted molar refractivity (Wildman–Crippen MR) is 92.4 cm³/mol. The number of rotatable bonds is 1. The number of halogens is 4. The molecule has 1 aliphatic heterocycles. The molecule has 2 aromatic carbocycles. The number of aliphatic imine (C=N–C) groups is 1. The van der Waals surface area contributed by atoms with E-state index in [1.807, 2.05) is 0 Å². The molecule has 2 heterocycles. The van der Waals surface area contributed by atoms with Crippen LogP contribution in [0.2, 0.25) is 5.02 Å². The molecule has 0 atom stereocenters. The number of alkyl halides is 2. The van der Waals surface area contributed by atoms with Gasteiger partial charge in [-0.25, -0.2) is 9.37 Å². The van der Waals surface area contributed by atoms with Crippen LogP contribution in [0.4, 0.5) is 13.2 Å². The van der Waals surface area contributed by atoms with Crippen LogP contribution in [0.15, 0.2) is 41.4 Å². The highest BCUT2D eigenvalue weighted by atomic mass is 35.5. The van der Waals surface area contributed by atoms with Crippen LogP contribution >= 0.6 is 11.6 Å². The molecule has 0 N–H and O–H groups in total. The van der Waals surface area contributed by atoms with E-state index >= 15 is 0 Å². The summed E-state index contributed by atoms with van der Waals surface area (Å²) in [6.45, 7) is 2.63. The van der Waals surface area contributed by atoms with E-state index in [-0.39, 0.29) is 38.7 Å². The lowest BCUT2D eigenvalue weighted by molar-refractivity contribution is -0.0681. The molecule has 0 radical (unpaired) electrons. The van der Waals surface area contributed by atoms with Crippen LogP contribution < -0.4 is 0 Å². The highest BCUT2D eigenvalue weighted by Gasteiger charge is 2.54. The van der Waals surface area contributed by atoms with Crippen molar-refractivity contribution in [2.24, 2.45) is 4.99 Å². The minimum Gasteiger partial charge on any atom is -0.268 e. The Balaban J connectivity index is 2.00. The maximum Gasteiger partial charge on any atom is 0.299 e. The Bertz CT molecular complexity index is 1080. The van der Waals surface area contributed by atoms with E-state index in [4.69, 9.17) is 11.6 Å². The van der Waals surface area contributed by atoms with Crippen molar-refractivity contribution in [1.82, 2.24) is 15.2 Å². The molecule has 4 nitrogen and oxygen atoms in total. The second kappa shape index (κ2) is 5.48. The van der Waals surface area contributed by atoms with Crippen molar-refractivity contribution in [2.75, 3.05) is 0 Å². The van der Waals surface area contributed by atoms with E-state index in [1.54, 1.807) is 12.1 Å². The van der Waals surface area contributed by atoms with Gasteiger partial charge in [-0.05, 0) is 32.0 Å². The molecule has 0 unspecified atom stereocenters. The Morgan fingerprint density at radius 3 is 2.50 bits per heavy atom.